The van der Waals surface area contributed by atoms with Crippen LogP contribution in [0.15, 0.2) is 29.2 Å². The number of halogens is 2. The van der Waals surface area contributed by atoms with Crippen molar-refractivity contribution in [3.05, 3.63) is 24.3 Å². The zero-order valence-electron chi connectivity index (χ0n) is 10.8. The summed E-state index contributed by atoms with van der Waals surface area (Å²) in [6.45, 7) is 2.77. The van der Waals surface area contributed by atoms with Gasteiger partial charge in [0.2, 0.25) is 5.91 Å². The number of para-hydroxylation sites is 1. The summed E-state index contributed by atoms with van der Waals surface area (Å²) in [6, 6.07) is 6.72. The van der Waals surface area contributed by atoms with Gasteiger partial charge in [0.15, 0.2) is 0 Å². The molecule has 0 radical (unpaired) electrons. The number of thioether (sulfide) groups is 1. The minimum Gasteiger partial charge on any atom is -0.375 e. The topological polar surface area (TPSA) is 41.1 Å². The Labute approximate surface area is 116 Å². The average molecular weight is 288 g/mol. The largest absolute Gasteiger partial charge is 0.375 e. The third-order valence-electron chi connectivity index (χ3n) is 2.40. The summed E-state index contributed by atoms with van der Waals surface area (Å²) in [5.74, 6) is -2.60. The van der Waals surface area contributed by atoms with Gasteiger partial charge in [-0.05, 0) is 18.6 Å². The molecule has 0 spiro atoms. The smallest absolute Gasteiger partial charge is 0.288 e. The Morgan fingerprint density at radius 3 is 2.79 bits per heavy atom. The van der Waals surface area contributed by atoms with Gasteiger partial charge >= 0.3 is 0 Å². The van der Waals surface area contributed by atoms with Crippen molar-refractivity contribution in [3.63, 3.8) is 0 Å². The van der Waals surface area contributed by atoms with Crippen LogP contribution in [0.2, 0.25) is 0 Å². The minimum atomic E-state index is -2.47. The van der Waals surface area contributed by atoms with Crippen LogP contribution >= 0.6 is 11.8 Å². The number of carbonyl (C=O) groups excluding carboxylic acids is 1. The van der Waals surface area contributed by atoms with Crippen LogP contribution in [0, 0.1) is 0 Å². The lowest BCUT2D eigenvalue weighted by Crippen LogP contribution is -2.30. The highest BCUT2D eigenvalue weighted by Crippen LogP contribution is 2.31. The van der Waals surface area contributed by atoms with E-state index in [1.54, 1.807) is 24.3 Å². The second-order valence-electron chi connectivity index (χ2n) is 3.93. The number of hydrogen-bond donors (Lipinski definition) is 2. The molecule has 0 aromatic heterocycles. The molecular formula is C13H18F2N2OS. The molecule has 1 amide bonds. The molecule has 19 heavy (non-hydrogen) atoms. The van der Waals surface area contributed by atoms with Gasteiger partial charge in [0.25, 0.3) is 5.76 Å². The zero-order chi connectivity index (χ0) is 14.1. The van der Waals surface area contributed by atoms with E-state index in [0.717, 1.165) is 12.8 Å². The summed E-state index contributed by atoms with van der Waals surface area (Å²) < 4.78 is 24.7. The van der Waals surface area contributed by atoms with Crippen LogP contribution < -0.4 is 10.6 Å². The van der Waals surface area contributed by atoms with Gasteiger partial charge in [-0.2, -0.15) is 8.78 Å². The van der Waals surface area contributed by atoms with E-state index in [9.17, 15) is 13.6 Å². The molecule has 0 atom stereocenters. The molecule has 1 aromatic carbocycles. The Morgan fingerprint density at radius 2 is 2.11 bits per heavy atom. The maximum Gasteiger partial charge on any atom is 0.288 e. The molecule has 0 bridgehead atoms. The van der Waals surface area contributed by atoms with E-state index in [-0.39, 0.29) is 12.5 Å². The van der Waals surface area contributed by atoms with E-state index >= 15 is 0 Å². The molecule has 0 aliphatic carbocycles. The lowest BCUT2D eigenvalue weighted by atomic mass is 10.3. The predicted molar refractivity (Wildman–Crippen MR) is 74.7 cm³/mol. The van der Waals surface area contributed by atoms with Crippen molar-refractivity contribution in [2.45, 2.75) is 30.4 Å². The Morgan fingerprint density at radius 1 is 1.37 bits per heavy atom. The first-order valence-corrected chi connectivity index (χ1v) is 7.06. The zero-order valence-corrected chi connectivity index (χ0v) is 11.6. The number of benzene rings is 1. The molecule has 106 valence electrons. The van der Waals surface area contributed by atoms with Crippen LogP contribution in [-0.2, 0) is 4.79 Å². The summed E-state index contributed by atoms with van der Waals surface area (Å²) >= 11 is 0.471. The Hall–Kier alpha value is -1.30. The number of hydrogen-bond acceptors (Lipinski definition) is 3. The van der Waals surface area contributed by atoms with Crippen molar-refractivity contribution in [1.29, 1.82) is 0 Å². The second-order valence-corrected chi connectivity index (χ2v) is 4.96. The predicted octanol–water partition coefficient (Wildman–Crippen LogP) is 3.33. The molecule has 3 nitrogen and oxygen atoms in total. The monoisotopic (exact) mass is 288 g/mol. The first kappa shape index (κ1) is 15.8. The van der Waals surface area contributed by atoms with Crippen LogP contribution in [0.5, 0.6) is 0 Å². The maximum absolute atomic E-state index is 12.4. The number of anilines is 1. The number of amides is 1. The van der Waals surface area contributed by atoms with Crippen LogP contribution in [-0.4, -0.2) is 24.8 Å². The van der Waals surface area contributed by atoms with Crippen molar-refractivity contribution in [2.75, 3.05) is 18.4 Å². The van der Waals surface area contributed by atoms with Crippen molar-refractivity contribution >= 4 is 23.4 Å². The summed E-state index contributed by atoms with van der Waals surface area (Å²) in [6.07, 6.45) is 1.95. The Bertz CT molecular complexity index is 402. The molecular weight excluding hydrogens is 270 g/mol. The summed E-state index contributed by atoms with van der Waals surface area (Å²) in [5.41, 5.74) is 0.554. The van der Waals surface area contributed by atoms with Crippen LogP contribution in [0.3, 0.4) is 0 Å². The molecule has 6 heteroatoms. The van der Waals surface area contributed by atoms with Crippen molar-refractivity contribution in [3.8, 4) is 0 Å². The first-order valence-electron chi connectivity index (χ1n) is 6.18. The van der Waals surface area contributed by atoms with Gasteiger partial charge in [-0.1, -0.05) is 37.2 Å². The lowest BCUT2D eigenvalue weighted by Gasteiger charge is -2.11. The maximum atomic E-state index is 12.4. The molecule has 1 aromatic rings. The highest BCUT2D eigenvalue weighted by molar-refractivity contribution is 7.99. The van der Waals surface area contributed by atoms with Gasteiger partial charge in [0.05, 0.1) is 6.54 Å². The number of unbranched alkanes of at least 4 members (excludes halogenated alkanes) is 1. The van der Waals surface area contributed by atoms with Gasteiger partial charge in [0, 0.05) is 17.1 Å². The van der Waals surface area contributed by atoms with Crippen molar-refractivity contribution in [2.24, 2.45) is 0 Å². The molecule has 0 unspecified atom stereocenters. The van der Waals surface area contributed by atoms with Crippen molar-refractivity contribution in [1.82, 2.24) is 5.32 Å². The van der Waals surface area contributed by atoms with Crippen molar-refractivity contribution < 1.29 is 13.6 Å². The molecule has 0 aliphatic rings. The van der Waals surface area contributed by atoms with Crippen LogP contribution in [0.4, 0.5) is 14.5 Å². The van der Waals surface area contributed by atoms with Gasteiger partial charge < -0.3 is 10.6 Å². The number of alkyl halides is 2. The summed E-state index contributed by atoms with van der Waals surface area (Å²) in [5, 5.41) is 5.64. The lowest BCUT2D eigenvalue weighted by molar-refractivity contribution is -0.119. The molecule has 0 saturated heterocycles. The molecule has 0 heterocycles. The number of rotatable bonds is 8. The average Bonchev–Trinajstić information content (AvgIpc) is 2.37. The minimum absolute atomic E-state index is 0.0878. The molecule has 0 fully saturated rings. The van der Waals surface area contributed by atoms with E-state index in [1.165, 1.54) is 0 Å². The third-order valence-corrected chi connectivity index (χ3v) is 3.18. The van der Waals surface area contributed by atoms with E-state index in [1.807, 2.05) is 6.92 Å². The quantitative estimate of drug-likeness (QED) is 0.569. The standard InChI is InChI=1S/C13H18F2N2OS/c1-2-3-8-16-12(18)9-17-10-6-4-5-7-11(10)19-13(14)15/h4-7,13,17H,2-3,8-9H2,1H3,(H,16,18). The van der Waals surface area contributed by atoms with E-state index < -0.39 is 5.76 Å². The fourth-order valence-corrected chi connectivity index (χ4v) is 2.07. The Kier molecular flexibility index (Phi) is 7.25. The second kappa shape index (κ2) is 8.74. The van der Waals surface area contributed by atoms with E-state index in [4.69, 9.17) is 0 Å². The van der Waals surface area contributed by atoms with E-state index in [0.29, 0.717) is 28.9 Å². The SMILES string of the molecule is CCCCNC(=O)CNc1ccccc1SC(F)F. The Balaban J connectivity index is 2.46. The summed E-state index contributed by atoms with van der Waals surface area (Å²) in [7, 11) is 0. The van der Waals surface area contributed by atoms with Gasteiger partial charge in [0.1, 0.15) is 0 Å². The molecule has 1 rings (SSSR count). The van der Waals surface area contributed by atoms with Gasteiger partial charge in [-0.25, -0.2) is 0 Å². The van der Waals surface area contributed by atoms with E-state index in [2.05, 4.69) is 10.6 Å². The molecule has 2 N–H and O–H groups in total. The molecule has 0 saturated carbocycles. The normalized spacial score (nSPS) is 10.5. The van der Waals surface area contributed by atoms with Gasteiger partial charge in [-0.15, -0.1) is 0 Å². The number of carbonyl (C=O) groups is 1. The summed E-state index contributed by atoms with van der Waals surface area (Å²) in [4.78, 5) is 11.9. The van der Waals surface area contributed by atoms with Crippen LogP contribution in [0.1, 0.15) is 19.8 Å². The van der Waals surface area contributed by atoms with Gasteiger partial charge in [-0.3, -0.25) is 4.79 Å². The number of nitrogens with one attached hydrogen (secondary N) is 2. The fraction of sp³-hybridized carbons (Fsp3) is 0.462. The highest BCUT2D eigenvalue weighted by Gasteiger charge is 2.10. The molecule has 0 aliphatic heterocycles. The first-order chi connectivity index (χ1) is 9.13. The third kappa shape index (κ3) is 6.42. The van der Waals surface area contributed by atoms with Crippen LogP contribution in [0.25, 0.3) is 0 Å². The fourth-order valence-electron chi connectivity index (χ4n) is 1.45. The highest BCUT2D eigenvalue weighted by atomic mass is 32.2.